The Hall–Kier alpha value is -3.73. The third kappa shape index (κ3) is 5.87. The zero-order valence-electron chi connectivity index (χ0n) is 15.0. The number of hydrogen-bond donors (Lipinski definition) is 1. The van der Waals surface area contributed by atoms with Gasteiger partial charge in [-0.1, -0.05) is 30.0 Å². The number of carbonyl (C=O) groups is 1. The molecule has 8 heteroatoms. The number of alkyl halides is 3. The molecule has 0 saturated heterocycles. The van der Waals surface area contributed by atoms with Gasteiger partial charge in [0.05, 0.1) is 6.54 Å². The van der Waals surface area contributed by atoms with Crippen molar-refractivity contribution in [2.75, 3.05) is 13.2 Å². The van der Waals surface area contributed by atoms with Crippen molar-refractivity contribution in [3.63, 3.8) is 0 Å². The highest BCUT2D eigenvalue weighted by Gasteiger charge is 2.31. The number of carbonyl (C=O) groups excluding carboxylic acids is 1. The number of fused-ring (bicyclic) bond motifs is 1. The van der Waals surface area contributed by atoms with E-state index in [0.717, 1.165) is 23.0 Å². The standard InChI is InChI=1S/C21H15F3N2O3/c22-21(23,24)29-17-10-8-16(9-11-17)20(27)26-12-1-2-14-28-18-7-3-5-15-6-4-13-25-19(15)18/h3-11,13H,12,14H2,(H,26,27). The molecule has 0 spiro atoms. The summed E-state index contributed by atoms with van der Waals surface area (Å²) in [7, 11) is 0. The number of hydrogen-bond acceptors (Lipinski definition) is 4. The molecule has 5 nitrogen and oxygen atoms in total. The smallest absolute Gasteiger partial charge is 0.479 e. The third-order valence-electron chi connectivity index (χ3n) is 3.71. The number of pyridine rings is 1. The van der Waals surface area contributed by atoms with Crippen molar-refractivity contribution in [1.29, 1.82) is 0 Å². The van der Waals surface area contributed by atoms with Crippen molar-refractivity contribution in [3.8, 4) is 23.3 Å². The van der Waals surface area contributed by atoms with Crippen LogP contribution in [-0.2, 0) is 0 Å². The molecule has 0 radical (unpaired) electrons. The second-order valence-corrected chi connectivity index (χ2v) is 5.73. The van der Waals surface area contributed by atoms with Crippen molar-refractivity contribution >= 4 is 16.8 Å². The molecule has 0 aliphatic carbocycles. The van der Waals surface area contributed by atoms with Crippen LogP contribution in [0.2, 0.25) is 0 Å². The maximum atomic E-state index is 12.1. The molecule has 0 aliphatic rings. The largest absolute Gasteiger partial charge is 0.573 e. The fourth-order valence-corrected chi connectivity index (χ4v) is 2.45. The van der Waals surface area contributed by atoms with E-state index in [1.54, 1.807) is 12.3 Å². The molecule has 2 aromatic carbocycles. The molecule has 148 valence electrons. The van der Waals surface area contributed by atoms with E-state index in [4.69, 9.17) is 4.74 Å². The summed E-state index contributed by atoms with van der Waals surface area (Å²) in [6.07, 6.45) is -3.10. The lowest BCUT2D eigenvalue weighted by Gasteiger charge is -2.09. The first kappa shape index (κ1) is 20.0. The zero-order valence-corrected chi connectivity index (χ0v) is 15.0. The van der Waals surface area contributed by atoms with E-state index in [9.17, 15) is 18.0 Å². The first-order valence-corrected chi connectivity index (χ1v) is 8.49. The molecule has 0 unspecified atom stereocenters. The zero-order chi connectivity index (χ0) is 20.7. The summed E-state index contributed by atoms with van der Waals surface area (Å²) in [6.45, 7) is 0.186. The quantitative estimate of drug-likeness (QED) is 0.659. The number of amides is 1. The Morgan fingerprint density at radius 2 is 1.79 bits per heavy atom. The van der Waals surface area contributed by atoms with Gasteiger partial charge in [0, 0.05) is 17.1 Å². The van der Waals surface area contributed by atoms with Gasteiger partial charge in [-0.15, -0.1) is 13.2 Å². The summed E-state index contributed by atoms with van der Waals surface area (Å²) in [4.78, 5) is 16.2. The molecule has 0 aliphatic heterocycles. The van der Waals surface area contributed by atoms with Crippen LogP contribution in [0, 0.1) is 11.8 Å². The van der Waals surface area contributed by atoms with Crippen LogP contribution in [0.4, 0.5) is 13.2 Å². The Bertz CT molecular complexity index is 1050. The molecule has 3 rings (SSSR count). The van der Waals surface area contributed by atoms with Crippen LogP contribution in [0.25, 0.3) is 10.9 Å². The highest BCUT2D eigenvalue weighted by atomic mass is 19.4. The number of para-hydroxylation sites is 1. The number of aromatic nitrogens is 1. The van der Waals surface area contributed by atoms with Gasteiger partial charge in [-0.25, -0.2) is 0 Å². The van der Waals surface area contributed by atoms with Crippen LogP contribution in [-0.4, -0.2) is 30.4 Å². The Morgan fingerprint density at radius 1 is 1.03 bits per heavy atom. The predicted octanol–water partition coefficient (Wildman–Crippen LogP) is 3.95. The first-order chi connectivity index (χ1) is 13.9. The minimum absolute atomic E-state index is 0.0663. The van der Waals surface area contributed by atoms with Crippen LogP contribution in [0.3, 0.4) is 0 Å². The maximum absolute atomic E-state index is 12.1. The van der Waals surface area contributed by atoms with Gasteiger partial charge in [-0.2, -0.15) is 0 Å². The number of halogens is 3. The lowest BCUT2D eigenvalue weighted by atomic mass is 10.2. The number of rotatable bonds is 5. The molecule has 1 aromatic heterocycles. The molecular weight excluding hydrogens is 385 g/mol. The Morgan fingerprint density at radius 3 is 2.55 bits per heavy atom. The summed E-state index contributed by atoms with van der Waals surface area (Å²) >= 11 is 0. The van der Waals surface area contributed by atoms with Gasteiger partial charge in [-0.3, -0.25) is 9.78 Å². The summed E-state index contributed by atoms with van der Waals surface area (Å²) in [5, 5.41) is 3.51. The first-order valence-electron chi connectivity index (χ1n) is 8.49. The third-order valence-corrected chi connectivity index (χ3v) is 3.71. The van der Waals surface area contributed by atoms with Crippen LogP contribution in [0.5, 0.6) is 11.5 Å². The van der Waals surface area contributed by atoms with E-state index < -0.39 is 18.0 Å². The summed E-state index contributed by atoms with van der Waals surface area (Å²) in [5.74, 6) is 5.28. The monoisotopic (exact) mass is 400 g/mol. The van der Waals surface area contributed by atoms with E-state index >= 15 is 0 Å². The van der Waals surface area contributed by atoms with Crippen LogP contribution in [0.15, 0.2) is 60.8 Å². The van der Waals surface area contributed by atoms with Gasteiger partial charge in [-0.05, 0) is 36.4 Å². The fourth-order valence-electron chi connectivity index (χ4n) is 2.45. The van der Waals surface area contributed by atoms with Gasteiger partial charge in [0.15, 0.2) is 0 Å². The highest BCUT2D eigenvalue weighted by molar-refractivity contribution is 5.94. The fraction of sp³-hybridized carbons (Fsp3) is 0.143. The minimum Gasteiger partial charge on any atom is -0.479 e. The van der Waals surface area contributed by atoms with E-state index in [1.807, 2.05) is 24.3 Å². The van der Waals surface area contributed by atoms with Crippen molar-refractivity contribution in [1.82, 2.24) is 10.3 Å². The summed E-state index contributed by atoms with van der Waals surface area (Å²) < 4.78 is 45.7. The van der Waals surface area contributed by atoms with E-state index in [1.165, 1.54) is 12.1 Å². The maximum Gasteiger partial charge on any atom is 0.573 e. The lowest BCUT2D eigenvalue weighted by Crippen LogP contribution is -2.23. The SMILES string of the molecule is O=C(NCC#CCOc1cccc2cccnc12)c1ccc(OC(F)(F)F)cc1. The summed E-state index contributed by atoms with van der Waals surface area (Å²) in [5.41, 5.74) is 0.933. The molecule has 0 bridgehead atoms. The molecular formula is C21H15F3N2O3. The Balaban J connectivity index is 1.47. The number of ether oxygens (including phenoxy) is 2. The normalized spacial score (nSPS) is 10.7. The van der Waals surface area contributed by atoms with Crippen molar-refractivity contribution in [3.05, 3.63) is 66.4 Å². The number of nitrogens with one attached hydrogen (secondary N) is 1. The topological polar surface area (TPSA) is 60.5 Å². The second kappa shape index (κ2) is 8.97. The van der Waals surface area contributed by atoms with Crippen molar-refractivity contribution < 1.29 is 27.4 Å². The van der Waals surface area contributed by atoms with Gasteiger partial charge in [0.25, 0.3) is 5.91 Å². The Labute approximate surface area is 164 Å². The average molecular weight is 400 g/mol. The molecule has 29 heavy (non-hydrogen) atoms. The number of nitrogens with zero attached hydrogens (tertiary/aromatic N) is 1. The summed E-state index contributed by atoms with van der Waals surface area (Å²) in [6, 6.07) is 14.0. The van der Waals surface area contributed by atoms with E-state index in [-0.39, 0.29) is 18.7 Å². The second-order valence-electron chi connectivity index (χ2n) is 5.73. The molecule has 1 N–H and O–H groups in total. The lowest BCUT2D eigenvalue weighted by molar-refractivity contribution is -0.274. The molecule has 0 fully saturated rings. The van der Waals surface area contributed by atoms with Crippen LogP contribution in [0.1, 0.15) is 10.4 Å². The number of benzene rings is 2. The highest BCUT2D eigenvalue weighted by Crippen LogP contribution is 2.23. The van der Waals surface area contributed by atoms with Crippen LogP contribution >= 0.6 is 0 Å². The molecule has 3 aromatic rings. The van der Waals surface area contributed by atoms with Crippen molar-refractivity contribution in [2.24, 2.45) is 0 Å². The predicted molar refractivity (Wildman–Crippen MR) is 100 cm³/mol. The van der Waals surface area contributed by atoms with Crippen LogP contribution < -0.4 is 14.8 Å². The van der Waals surface area contributed by atoms with E-state index in [2.05, 4.69) is 26.9 Å². The average Bonchev–Trinajstić information content (AvgIpc) is 2.70. The van der Waals surface area contributed by atoms with E-state index in [0.29, 0.717) is 5.75 Å². The van der Waals surface area contributed by atoms with Gasteiger partial charge >= 0.3 is 6.36 Å². The van der Waals surface area contributed by atoms with Crippen molar-refractivity contribution in [2.45, 2.75) is 6.36 Å². The molecule has 1 amide bonds. The molecule has 0 saturated carbocycles. The molecule has 1 heterocycles. The Kier molecular flexibility index (Phi) is 6.19. The molecule has 0 atom stereocenters. The minimum atomic E-state index is -4.77. The van der Waals surface area contributed by atoms with Gasteiger partial charge in [0.2, 0.25) is 0 Å². The van der Waals surface area contributed by atoms with Gasteiger partial charge in [0.1, 0.15) is 23.6 Å². The van der Waals surface area contributed by atoms with Gasteiger partial charge < -0.3 is 14.8 Å².